The summed E-state index contributed by atoms with van der Waals surface area (Å²) in [6.45, 7) is 2.75. The summed E-state index contributed by atoms with van der Waals surface area (Å²) in [4.78, 5) is 33.8. The number of nitrogens with one attached hydrogen (secondary N) is 1. The van der Waals surface area contributed by atoms with Gasteiger partial charge in [-0.05, 0) is 35.7 Å². The molecule has 2 amide bonds. The van der Waals surface area contributed by atoms with Gasteiger partial charge in [0.1, 0.15) is 6.04 Å². The van der Waals surface area contributed by atoms with Gasteiger partial charge in [0.25, 0.3) is 0 Å². The zero-order valence-corrected chi connectivity index (χ0v) is 18.5. The van der Waals surface area contributed by atoms with E-state index < -0.39 is 12.1 Å². The number of nitrogens with zero attached hydrogens (tertiary/aromatic N) is 3. The third kappa shape index (κ3) is 3.65. The molecule has 2 N–H and O–H groups in total. The lowest BCUT2D eigenvalue weighted by Gasteiger charge is -2.47. The maximum absolute atomic E-state index is 13.5. The van der Waals surface area contributed by atoms with Gasteiger partial charge in [0.15, 0.2) is 0 Å². The molecule has 2 aliphatic rings. The fourth-order valence-electron chi connectivity index (χ4n) is 5.23. The summed E-state index contributed by atoms with van der Waals surface area (Å²) in [5.41, 5.74) is 3.54. The maximum Gasteiger partial charge on any atom is 0.246 e. The summed E-state index contributed by atoms with van der Waals surface area (Å²) in [5.74, 6) is -0.144. The Hall–Kier alpha value is -3.36. The molecule has 1 saturated heterocycles. The highest BCUT2D eigenvalue weighted by Gasteiger charge is 2.48. The van der Waals surface area contributed by atoms with Crippen LogP contribution < -0.4 is 5.23 Å². The minimum absolute atomic E-state index is 0.0320. The molecule has 172 valence electrons. The summed E-state index contributed by atoms with van der Waals surface area (Å²) in [7, 11) is 0. The SMILES string of the molecule is CCCCCN1CC(=O)N2C(Cc3c([nH]c4ccccc34)C2c2cccc(N([O-])O)c2)C1=O. The first-order valence-corrected chi connectivity index (χ1v) is 11.4. The molecule has 2 aliphatic heterocycles. The predicted octanol–water partition coefficient (Wildman–Crippen LogP) is 3.74. The first-order chi connectivity index (χ1) is 16.0. The number of hydrogen-bond acceptors (Lipinski definition) is 5. The smallest absolute Gasteiger partial charge is 0.246 e. The molecule has 0 saturated carbocycles. The first kappa shape index (κ1) is 21.5. The van der Waals surface area contributed by atoms with Crippen LogP contribution in [0.3, 0.4) is 0 Å². The van der Waals surface area contributed by atoms with Crippen molar-refractivity contribution in [3.63, 3.8) is 0 Å². The molecule has 1 aromatic heterocycles. The second-order valence-corrected chi connectivity index (χ2v) is 8.82. The van der Waals surface area contributed by atoms with E-state index in [0.717, 1.165) is 41.4 Å². The van der Waals surface area contributed by atoms with E-state index in [-0.39, 0.29) is 29.3 Å². The summed E-state index contributed by atoms with van der Waals surface area (Å²) in [6, 6.07) is 13.3. The molecule has 33 heavy (non-hydrogen) atoms. The third-order valence-electron chi connectivity index (χ3n) is 6.78. The molecule has 3 heterocycles. The van der Waals surface area contributed by atoms with Crippen molar-refractivity contribution >= 4 is 28.4 Å². The number of carbonyl (C=O) groups is 2. The molecule has 0 spiro atoms. The van der Waals surface area contributed by atoms with Gasteiger partial charge in [-0.25, -0.2) is 0 Å². The van der Waals surface area contributed by atoms with E-state index in [1.54, 1.807) is 21.9 Å². The quantitative estimate of drug-likeness (QED) is 0.443. The molecule has 8 nitrogen and oxygen atoms in total. The number of anilines is 1. The van der Waals surface area contributed by atoms with Crippen molar-refractivity contribution in [3.05, 3.63) is 70.6 Å². The number of para-hydroxylation sites is 1. The van der Waals surface area contributed by atoms with Gasteiger partial charge in [-0.1, -0.05) is 50.1 Å². The Kier molecular flexibility index (Phi) is 5.55. The molecular weight excluding hydrogens is 420 g/mol. The molecule has 0 radical (unpaired) electrons. The minimum Gasteiger partial charge on any atom is -0.733 e. The van der Waals surface area contributed by atoms with Crippen LogP contribution in [0.5, 0.6) is 0 Å². The second-order valence-electron chi connectivity index (χ2n) is 8.82. The number of benzene rings is 2. The van der Waals surface area contributed by atoms with E-state index in [1.165, 1.54) is 6.07 Å². The van der Waals surface area contributed by atoms with Crippen molar-refractivity contribution in [2.45, 2.75) is 44.7 Å². The average Bonchev–Trinajstić information content (AvgIpc) is 3.19. The van der Waals surface area contributed by atoms with Crippen molar-refractivity contribution < 1.29 is 14.8 Å². The van der Waals surface area contributed by atoms with E-state index in [1.807, 2.05) is 30.3 Å². The number of aromatic amines is 1. The number of unbranched alkanes of at least 4 members (excludes halogenated alkanes) is 2. The van der Waals surface area contributed by atoms with Crippen LogP contribution in [0.25, 0.3) is 10.9 Å². The van der Waals surface area contributed by atoms with E-state index in [9.17, 15) is 20.0 Å². The molecule has 1 fully saturated rings. The van der Waals surface area contributed by atoms with Gasteiger partial charge >= 0.3 is 0 Å². The van der Waals surface area contributed by atoms with Gasteiger partial charge in [0.05, 0.1) is 18.3 Å². The van der Waals surface area contributed by atoms with Crippen molar-refractivity contribution in [2.75, 3.05) is 18.3 Å². The zero-order chi connectivity index (χ0) is 23.1. The van der Waals surface area contributed by atoms with Crippen LogP contribution in [-0.2, 0) is 16.0 Å². The fraction of sp³-hybridized carbons (Fsp3) is 0.360. The lowest BCUT2D eigenvalue weighted by Crippen LogP contribution is -2.63. The van der Waals surface area contributed by atoms with Crippen molar-refractivity contribution in [1.29, 1.82) is 0 Å². The van der Waals surface area contributed by atoms with Crippen LogP contribution in [0, 0.1) is 5.21 Å². The molecule has 2 atom stereocenters. The Balaban J connectivity index is 1.63. The molecule has 3 aromatic rings. The molecule has 8 heteroatoms. The Morgan fingerprint density at radius 3 is 2.76 bits per heavy atom. The Morgan fingerprint density at radius 2 is 1.97 bits per heavy atom. The third-order valence-corrected chi connectivity index (χ3v) is 6.78. The molecule has 0 bridgehead atoms. The van der Waals surface area contributed by atoms with Gasteiger partial charge in [-0.3, -0.25) is 14.8 Å². The standard InChI is InChI=1S/C25H27N4O4/c1-2-3-6-12-27-15-22(30)28-21(25(27)31)14-19-18-10-4-5-11-20(18)26-23(19)24(28)16-8-7-9-17(13-16)29(32)33/h4-5,7-11,13,21,24,26,32H,2-3,6,12,14-15H2,1H3/q-1. The van der Waals surface area contributed by atoms with Crippen LogP contribution in [0.1, 0.15) is 49.0 Å². The molecular formula is C25H27N4O4-. The van der Waals surface area contributed by atoms with Crippen LogP contribution in [0.4, 0.5) is 5.69 Å². The molecule has 0 aliphatic carbocycles. The van der Waals surface area contributed by atoms with Gasteiger partial charge in [0, 0.05) is 29.6 Å². The largest absolute Gasteiger partial charge is 0.733 e. The highest BCUT2D eigenvalue weighted by molar-refractivity contribution is 5.97. The number of rotatable bonds is 6. The lowest BCUT2D eigenvalue weighted by atomic mass is 9.86. The van der Waals surface area contributed by atoms with Crippen molar-refractivity contribution in [2.24, 2.45) is 0 Å². The average molecular weight is 448 g/mol. The van der Waals surface area contributed by atoms with Gasteiger partial charge < -0.3 is 25.2 Å². The van der Waals surface area contributed by atoms with E-state index in [4.69, 9.17) is 0 Å². The van der Waals surface area contributed by atoms with Crippen molar-refractivity contribution in [3.8, 4) is 0 Å². The number of amides is 2. The number of aromatic nitrogens is 1. The van der Waals surface area contributed by atoms with Crippen LogP contribution in [0.15, 0.2) is 48.5 Å². The Labute approximate surface area is 191 Å². The van der Waals surface area contributed by atoms with Gasteiger partial charge in [0.2, 0.25) is 11.8 Å². The highest BCUT2D eigenvalue weighted by Crippen LogP contribution is 2.43. The monoisotopic (exact) mass is 447 g/mol. The summed E-state index contributed by atoms with van der Waals surface area (Å²) in [5, 5.41) is 21.9. The second kappa shape index (κ2) is 8.53. The summed E-state index contributed by atoms with van der Waals surface area (Å²) in [6.07, 6.45) is 3.38. The minimum atomic E-state index is -0.606. The number of H-pyrrole nitrogens is 1. The maximum atomic E-state index is 13.5. The number of piperazine rings is 1. The number of hydrogen-bond donors (Lipinski definition) is 2. The van der Waals surface area contributed by atoms with Crippen LogP contribution in [-0.4, -0.2) is 50.9 Å². The topological polar surface area (TPSA) is 103 Å². The molecule has 5 rings (SSSR count). The molecule has 2 unspecified atom stereocenters. The fourth-order valence-corrected chi connectivity index (χ4v) is 5.23. The Bertz CT molecular complexity index is 1200. The summed E-state index contributed by atoms with van der Waals surface area (Å²) >= 11 is 0. The zero-order valence-electron chi connectivity index (χ0n) is 18.5. The van der Waals surface area contributed by atoms with Crippen LogP contribution in [0.2, 0.25) is 0 Å². The molecule has 2 aromatic carbocycles. The number of carbonyl (C=O) groups excluding carboxylic acids is 2. The highest BCUT2D eigenvalue weighted by atomic mass is 16.8. The van der Waals surface area contributed by atoms with E-state index >= 15 is 0 Å². The predicted molar refractivity (Wildman–Crippen MR) is 125 cm³/mol. The normalized spacial score (nSPS) is 20.2. The first-order valence-electron chi connectivity index (χ1n) is 11.4. The lowest BCUT2D eigenvalue weighted by molar-refractivity contribution is -0.158. The van der Waals surface area contributed by atoms with E-state index in [2.05, 4.69) is 11.9 Å². The Morgan fingerprint density at radius 1 is 1.15 bits per heavy atom. The van der Waals surface area contributed by atoms with Crippen LogP contribution >= 0.6 is 0 Å². The number of fused-ring (bicyclic) bond motifs is 4. The van der Waals surface area contributed by atoms with E-state index in [0.29, 0.717) is 18.5 Å². The summed E-state index contributed by atoms with van der Waals surface area (Å²) < 4.78 is 0. The van der Waals surface area contributed by atoms with Crippen molar-refractivity contribution in [1.82, 2.24) is 14.8 Å². The van der Waals surface area contributed by atoms with Gasteiger partial charge in [-0.2, -0.15) is 0 Å². The van der Waals surface area contributed by atoms with Gasteiger partial charge in [-0.15, -0.1) is 0 Å².